The van der Waals surface area contributed by atoms with E-state index in [2.05, 4.69) is 15.0 Å². The first-order valence-electron chi connectivity index (χ1n) is 8.62. The molecule has 1 aliphatic heterocycles. The minimum atomic E-state index is -3.81. The SMILES string of the molecule is COC(=O)c1ccc(OC)c(S(=O)(=O)N2CC(n3cc(C4CC4)nn3)C2)c1. The lowest BCUT2D eigenvalue weighted by atomic mass is 10.2. The average Bonchev–Trinajstić information content (AvgIpc) is 3.37. The van der Waals surface area contributed by atoms with Crippen molar-refractivity contribution in [1.29, 1.82) is 0 Å². The monoisotopic (exact) mass is 392 g/mol. The molecule has 0 atom stereocenters. The van der Waals surface area contributed by atoms with E-state index in [1.807, 2.05) is 6.20 Å². The number of hydrogen-bond acceptors (Lipinski definition) is 7. The van der Waals surface area contributed by atoms with E-state index in [0.717, 1.165) is 18.5 Å². The predicted molar refractivity (Wildman–Crippen MR) is 94.1 cm³/mol. The van der Waals surface area contributed by atoms with Crippen molar-refractivity contribution in [1.82, 2.24) is 19.3 Å². The quantitative estimate of drug-likeness (QED) is 0.680. The Balaban J connectivity index is 1.54. The van der Waals surface area contributed by atoms with E-state index in [4.69, 9.17) is 4.74 Å². The number of methoxy groups -OCH3 is 2. The van der Waals surface area contributed by atoms with Gasteiger partial charge in [-0.25, -0.2) is 17.9 Å². The fourth-order valence-corrected chi connectivity index (χ4v) is 4.77. The van der Waals surface area contributed by atoms with Gasteiger partial charge in [-0.1, -0.05) is 5.21 Å². The third-order valence-electron chi connectivity index (χ3n) is 4.93. The lowest BCUT2D eigenvalue weighted by molar-refractivity contribution is 0.0600. The molecule has 2 aromatic rings. The highest BCUT2D eigenvalue weighted by Gasteiger charge is 2.40. The molecule has 2 aliphatic rings. The molecule has 9 nitrogen and oxygen atoms in total. The summed E-state index contributed by atoms with van der Waals surface area (Å²) in [7, 11) is -1.17. The Morgan fingerprint density at radius 1 is 1.22 bits per heavy atom. The van der Waals surface area contributed by atoms with Gasteiger partial charge in [0.1, 0.15) is 10.6 Å². The lowest BCUT2D eigenvalue weighted by Crippen LogP contribution is -2.50. The molecule has 144 valence electrons. The first-order chi connectivity index (χ1) is 12.9. The van der Waals surface area contributed by atoms with Crippen molar-refractivity contribution in [3.8, 4) is 5.75 Å². The number of rotatable bonds is 6. The minimum absolute atomic E-state index is 0.0467. The van der Waals surface area contributed by atoms with Crippen molar-refractivity contribution in [3.05, 3.63) is 35.7 Å². The lowest BCUT2D eigenvalue weighted by Gasteiger charge is -2.37. The van der Waals surface area contributed by atoms with Gasteiger partial charge in [-0.15, -0.1) is 5.10 Å². The van der Waals surface area contributed by atoms with Crippen molar-refractivity contribution < 1.29 is 22.7 Å². The van der Waals surface area contributed by atoms with Crippen LogP contribution in [0.15, 0.2) is 29.3 Å². The first kappa shape index (κ1) is 17.9. The number of esters is 1. The van der Waals surface area contributed by atoms with Crippen LogP contribution in [0.1, 0.15) is 40.9 Å². The smallest absolute Gasteiger partial charge is 0.337 e. The highest BCUT2D eigenvalue weighted by Crippen LogP contribution is 2.39. The first-order valence-corrected chi connectivity index (χ1v) is 10.1. The molecule has 2 heterocycles. The molecule has 1 aliphatic carbocycles. The highest BCUT2D eigenvalue weighted by molar-refractivity contribution is 7.89. The van der Waals surface area contributed by atoms with Crippen molar-refractivity contribution in [2.45, 2.75) is 29.7 Å². The van der Waals surface area contributed by atoms with Gasteiger partial charge in [0.05, 0.1) is 31.5 Å². The molecule has 1 saturated carbocycles. The summed E-state index contributed by atoms with van der Waals surface area (Å²) in [6, 6.07) is 4.16. The van der Waals surface area contributed by atoms with Gasteiger partial charge in [0.15, 0.2) is 0 Å². The van der Waals surface area contributed by atoms with Crippen LogP contribution < -0.4 is 4.74 Å². The Morgan fingerprint density at radius 2 is 1.96 bits per heavy atom. The zero-order valence-electron chi connectivity index (χ0n) is 15.0. The topological polar surface area (TPSA) is 104 Å². The van der Waals surface area contributed by atoms with Crippen molar-refractivity contribution in [2.75, 3.05) is 27.3 Å². The maximum absolute atomic E-state index is 13.0. The molecule has 0 unspecified atom stereocenters. The molecule has 0 N–H and O–H groups in total. The van der Waals surface area contributed by atoms with Crippen molar-refractivity contribution in [3.63, 3.8) is 0 Å². The average molecular weight is 392 g/mol. The molecular formula is C17H20N4O5S. The van der Waals surface area contributed by atoms with Crippen LogP contribution in [0.25, 0.3) is 0 Å². The molecule has 0 radical (unpaired) electrons. The summed E-state index contributed by atoms with van der Waals surface area (Å²) in [5.74, 6) is 0.0812. The van der Waals surface area contributed by atoms with Gasteiger partial charge >= 0.3 is 5.97 Å². The molecule has 1 saturated heterocycles. The number of nitrogens with zero attached hydrogens (tertiary/aromatic N) is 4. The van der Waals surface area contributed by atoms with Crippen LogP contribution in [0.4, 0.5) is 0 Å². The second-order valence-corrected chi connectivity index (χ2v) is 8.64. The number of hydrogen-bond donors (Lipinski definition) is 0. The summed E-state index contributed by atoms with van der Waals surface area (Å²) in [6.07, 6.45) is 4.19. The van der Waals surface area contributed by atoms with E-state index >= 15 is 0 Å². The van der Waals surface area contributed by atoms with E-state index < -0.39 is 16.0 Å². The van der Waals surface area contributed by atoms with Crippen molar-refractivity contribution >= 4 is 16.0 Å². The summed E-state index contributed by atoms with van der Waals surface area (Å²) >= 11 is 0. The Kier molecular flexibility index (Phi) is 4.39. The van der Waals surface area contributed by atoms with Gasteiger partial charge in [-0.05, 0) is 31.0 Å². The van der Waals surface area contributed by atoms with Crippen LogP contribution >= 0.6 is 0 Å². The van der Waals surface area contributed by atoms with Crippen LogP contribution in [0.5, 0.6) is 5.75 Å². The molecule has 0 bridgehead atoms. The summed E-state index contributed by atoms with van der Waals surface area (Å²) in [5, 5.41) is 8.30. The van der Waals surface area contributed by atoms with Crippen LogP contribution in [0, 0.1) is 0 Å². The van der Waals surface area contributed by atoms with Crippen molar-refractivity contribution in [2.24, 2.45) is 0 Å². The zero-order chi connectivity index (χ0) is 19.2. The molecule has 27 heavy (non-hydrogen) atoms. The molecular weight excluding hydrogens is 372 g/mol. The van der Waals surface area contributed by atoms with Gasteiger partial charge in [0.25, 0.3) is 0 Å². The Labute approximate surface area is 156 Å². The number of sulfonamides is 1. The third kappa shape index (κ3) is 3.19. The molecule has 0 amide bonds. The fraction of sp³-hybridized carbons (Fsp3) is 0.471. The van der Waals surface area contributed by atoms with Gasteiger partial charge < -0.3 is 9.47 Å². The van der Waals surface area contributed by atoms with E-state index in [9.17, 15) is 13.2 Å². The largest absolute Gasteiger partial charge is 0.495 e. The zero-order valence-corrected chi connectivity index (χ0v) is 15.8. The molecule has 1 aromatic carbocycles. The second kappa shape index (κ2) is 6.61. The minimum Gasteiger partial charge on any atom is -0.495 e. The standard InChI is InChI=1S/C17H20N4O5S/c1-25-15-6-5-12(17(22)26-2)7-16(15)27(23,24)20-8-13(9-20)21-10-14(18-19-21)11-3-4-11/h5-7,10-11,13H,3-4,8-9H2,1-2H3. The summed E-state index contributed by atoms with van der Waals surface area (Å²) < 4.78 is 38.9. The van der Waals surface area contributed by atoms with E-state index in [0.29, 0.717) is 19.0 Å². The third-order valence-corrected chi connectivity index (χ3v) is 6.78. The van der Waals surface area contributed by atoms with Gasteiger partial charge in [-0.2, -0.15) is 4.31 Å². The maximum Gasteiger partial charge on any atom is 0.337 e. The number of ether oxygens (including phenoxy) is 2. The van der Waals surface area contributed by atoms with Crippen LogP contribution in [0.2, 0.25) is 0 Å². The number of aromatic nitrogens is 3. The number of carbonyl (C=O) groups excluding carboxylic acids is 1. The molecule has 10 heteroatoms. The second-order valence-electron chi connectivity index (χ2n) is 6.73. The van der Waals surface area contributed by atoms with E-state index in [-0.39, 0.29) is 22.3 Å². The Morgan fingerprint density at radius 3 is 2.59 bits per heavy atom. The number of benzene rings is 1. The van der Waals surface area contributed by atoms with Crippen LogP contribution in [-0.2, 0) is 14.8 Å². The van der Waals surface area contributed by atoms with Crippen LogP contribution in [-0.4, -0.2) is 61.0 Å². The van der Waals surface area contributed by atoms with E-state index in [1.165, 1.54) is 36.7 Å². The predicted octanol–water partition coefficient (Wildman–Crippen LogP) is 1.20. The molecule has 0 spiro atoms. The van der Waals surface area contributed by atoms with Gasteiger partial charge in [-0.3, -0.25) is 0 Å². The molecule has 1 aromatic heterocycles. The van der Waals surface area contributed by atoms with Gasteiger partial charge in [0, 0.05) is 25.2 Å². The summed E-state index contributed by atoms with van der Waals surface area (Å²) in [4.78, 5) is 11.7. The molecule has 2 fully saturated rings. The Bertz CT molecular complexity index is 977. The normalized spacial score (nSPS) is 18.1. The summed E-state index contributed by atoms with van der Waals surface area (Å²) in [6.45, 7) is 0.586. The van der Waals surface area contributed by atoms with Gasteiger partial charge in [0.2, 0.25) is 10.0 Å². The highest BCUT2D eigenvalue weighted by atomic mass is 32.2. The number of carbonyl (C=O) groups is 1. The Hall–Kier alpha value is -2.46. The summed E-state index contributed by atoms with van der Waals surface area (Å²) in [5.41, 5.74) is 1.13. The molecule has 4 rings (SSSR count). The fourth-order valence-electron chi connectivity index (χ4n) is 3.08. The van der Waals surface area contributed by atoms with Crippen LogP contribution in [0.3, 0.4) is 0 Å². The maximum atomic E-state index is 13.0. The van der Waals surface area contributed by atoms with E-state index in [1.54, 1.807) is 4.68 Å².